The Morgan fingerprint density at radius 1 is 0.900 bits per heavy atom. The molecule has 5 saturated carbocycles. The number of rotatable bonds is 8. The summed E-state index contributed by atoms with van der Waals surface area (Å²) in [6, 6.07) is 5.83. The summed E-state index contributed by atoms with van der Waals surface area (Å²) < 4.78 is 6.18. The first-order valence-electron chi connectivity index (χ1n) is 19.9. The Hall–Kier alpha value is -2.44. The molecule has 0 spiro atoms. The number of pyridine rings is 1. The number of carboxylic acid groups (broad SMARTS) is 1. The van der Waals surface area contributed by atoms with Crippen LogP contribution in [0, 0.1) is 68.0 Å². The summed E-state index contributed by atoms with van der Waals surface area (Å²) >= 11 is 0. The Kier molecular flexibility index (Phi) is 9.41. The van der Waals surface area contributed by atoms with Crippen LogP contribution in [0.2, 0.25) is 0 Å². The van der Waals surface area contributed by atoms with Crippen molar-refractivity contribution in [2.75, 3.05) is 0 Å². The molecule has 0 aromatic carbocycles. The highest BCUT2D eigenvalue weighted by atomic mass is 16.5. The van der Waals surface area contributed by atoms with Crippen molar-refractivity contribution < 1.29 is 24.2 Å². The van der Waals surface area contributed by atoms with Gasteiger partial charge in [0, 0.05) is 11.6 Å². The third-order valence-electron chi connectivity index (χ3n) is 16.6. The summed E-state index contributed by atoms with van der Waals surface area (Å²) in [5.41, 5.74) is -0.292. The van der Waals surface area contributed by atoms with Crippen molar-refractivity contribution in [1.82, 2.24) is 10.3 Å². The molecule has 1 amide bonds. The van der Waals surface area contributed by atoms with E-state index in [0.717, 1.165) is 57.1 Å². The van der Waals surface area contributed by atoms with Gasteiger partial charge in [-0.3, -0.25) is 19.4 Å². The lowest BCUT2D eigenvalue weighted by atomic mass is 9.32. The maximum absolute atomic E-state index is 14.6. The maximum atomic E-state index is 14.6. The van der Waals surface area contributed by atoms with Gasteiger partial charge < -0.3 is 15.2 Å². The van der Waals surface area contributed by atoms with E-state index in [1.165, 1.54) is 12.8 Å². The zero-order chi connectivity index (χ0) is 36.7. The predicted molar refractivity (Wildman–Crippen MR) is 196 cm³/mol. The first kappa shape index (κ1) is 37.3. The smallest absolute Gasteiger partial charge is 0.309 e. The molecule has 5 aliphatic rings. The lowest BCUT2D eigenvalue weighted by Gasteiger charge is -2.73. The third kappa shape index (κ3) is 5.56. The van der Waals surface area contributed by atoms with Crippen LogP contribution >= 0.6 is 0 Å². The minimum absolute atomic E-state index is 0.114. The molecule has 0 bridgehead atoms. The lowest BCUT2D eigenvalue weighted by molar-refractivity contribution is -0.250. The van der Waals surface area contributed by atoms with Crippen LogP contribution in [0.4, 0.5) is 0 Å². The number of carbonyl (C=O) groups excluding carboxylic acids is 2. The van der Waals surface area contributed by atoms with Crippen molar-refractivity contribution in [2.45, 2.75) is 152 Å². The van der Waals surface area contributed by atoms with Crippen LogP contribution in [0.15, 0.2) is 24.4 Å². The Morgan fingerprint density at radius 2 is 1.62 bits per heavy atom. The molecule has 1 aromatic rings. The average Bonchev–Trinajstić information content (AvgIpc) is 3.44. The van der Waals surface area contributed by atoms with Gasteiger partial charge in [0.2, 0.25) is 5.91 Å². The molecule has 278 valence electrons. The molecule has 5 fully saturated rings. The van der Waals surface area contributed by atoms with Crippen LogP contribution in [0.5, 0.6) is 0 Å². The van der Waals surface area contributed by atoms with Crippen LogP contribution < -0.4 is 5.32 Å². The summed E-state index contributed by atoms with van der Waals surface area (Å²) in [4.78, 5) is 44.0. The Balaban J connectivity index is 1.26. The van der Waals surface area contributed by atoms with Gasteiger partial charge in [-0.05, 0) is 149 Å². The van der Waals surface area contributed by atoms with Crippen LogP contribution in [0.25, 0.3) is 0 Å². The fourth-order valence-electron chi connectivity index (χ4n) is 13.7. The summed E-state index contributed by atoms with van der Waals surface area (Å²) in [7, 11) is 0. The summed E-state index contributed by atoms with van der Waals surface area (Å²) in [6.07, 6.45) is 12.2. The first-order valence-corrected chi connectivity index (χ1v) is 19.9. The van der Waals surface area contributed by atoms with Crippen LogP contribution in [0.1, 0.15) is 152 Å². The van der Waals surface area contributed by atoms with E-state index in [0.29, 0.717) is 35.5 Å². The third-order valence-corrected chi connectivity index (χ3v) is 16.6. The molecule has 0 saturated heterocycles. The van der Waals surface area contributed by atoms with E-state index in [4.69, 9.17) is 4.74 Å². The molecule has 11 atom stereocenters. The molecule has 1 heterocycles. The lowest BCUT2D eigenvalue weighted by Crippen LogP contribution is -2.67. The van der Waals surface area contributed by atoms with Crippen LogP contribution in [0.3, 0.4) is 0 Å². The number of carboxylic acids is 1. The molecule has 1 aromatic heterocycles. The van der Waals surface area contributed by atoms with Gasteiger partial charge in [-0.1, -0.05) is 54.5 Å². The minimum atomic E-state index is -1.14. The van der Waals surface area contributed by atoms with Gasteiger partial charge in [0.15, 0.2) is 0 Å². The number of nitrogens with one attached hydrogen (secondary N) is 1. The van der Waals surface area contributed by atoms with E-state index < -0.39 is 17.4 Å². The molecule has 6 rings (SSSR count). The van der Waals surface area contributed by atoms with Crippen molar-refractivity contribution in [3.05, 3.63) is 30.1 Å². The van der Waals surface area contributed by atoms with Gasteiger partial charge in [-0.25, -0.2) is 0 Å². The number of carbonyl (C=O) groups is 3. The normalized spacial score (nSPS) is 41.2. The van der Waals surface area contributed by atoms with Crippen molar-refractivity contribution in [1.29, 1.82) is 0 Å². The van der Waals surface area contributed by atoms with E-state index >= 15 is 0 Å². The monoisotopic (exact) mass is 690 g/mol. The zero-order valence-corrected chi connectivity index (χ0v) is 32.7. The van der Waals surface area contributed by atoms with Gasteiger partial charge in [0.1, 0.15) is 6.10 Å². The Labute approximate surface area is 301 Å². The molecule has 7 heteroatoms. The molecule has 5 aliphatic carbocycles. The number of nitrogens with zero attached hydrogens (tertiary/aromatic N) is 1. The van der Waals surface area contributed by atoms with Crippen molar-refractivity contribution in [3.8, 4) is 0 Å². The quantitative estimate of drug-likeness (QED) is 0.263. The summed E-state index contributed by atoms with van der Waals surface area (Å²) in [5.74, 6) is 1.89. The number of hydrogen-bond acceptors (Lipinski definition) is 5. The van der Waals surface area contributed by atoms with Crippen molar-refractivity contribution in [3.63, 3.8) is 0 Å². The SMILES string of the molecule is CC(C)[C@@H]1CC[C@]2(C(=O)N[C@@H](C)c3ccccn3)CC[C@]3(C)C(CCC4[C@@]5(C)CCC(OC(=O)CC(C)(C)C(=O)O)C(C)(C)C5CC[C@]43C)C12. The standard InChI is InChI=1S/C43H66N2O5/c1-26(2)28-16-21-43(36(47)45-27(3)30-13-11-12-24-44-30)23-22-41(9)29(35(28)43)14-15-32-40(8)19-18-33(50-34(46)25-38(4,5)37(48)49)39(6,7)31(40)17-20-42(32,41)10/h11-13,24,26-29,31-33,35H,14-23,25H2,1-10H3,(H,45,47)(H,48,49)/t27-,28-,29?,31?,32?,33?,35?,40-,41+,42+,43-/m0/s1. The second kappa shape index (κ2) is 12.6. The number of hydrogen-bond donors (Lipinski definition) is 2. The second-order valence-electron chi connectivity index (χ2n) is 20.0. The Bertz CT molecular complexity index is 1470. The van der Waals surface area contributed by atoms with Crippen molar-refractivity contribution >= 4 is 17.8 Å². The summed E-state index contributed by atoms with van der Waals surface area (Å²) in [5, 5.41) is 13.1. The maximum Gasteiger partial charge on any atom is 0.309 e. The van der Waals surface area contributed by atoms with Gasteiger partial charge in [0.25, 0.3) is 0 Å². The molecular formula is C43H66N2O5. The number of amides is 1. The van der Waals surface area contributed by atoms with E-state index in [-0.39, 0.29) is 51.5 Å². The Morgan fingerprint density at radius 3 is 2.26 bits per heavy atom. The largest absolute Gasteiger partial charge is 0.481 e. The highest BCUT2D eigenvalue weighted by Crippen LogP contribution is 2.77. The summed E-state index contributed by atoms with van der Waals surface area (Å²) in [6.45, 7) is 22.5. The van der Waals surface area contributed by atoms with E-state index in [1.807, 2.05) is 24.4 Å². The molecule has 7 nitrogen and oxygen atoms in total. The molecular weight excluding hydrogens is 624 g/mol. The number of aromatic nitrogens is 1. The molecule has 0 radical (unpaired) electrons. The topological polar surface area (TPSA) is 106 Å². The molecule has 2 N–H and O–H groups in total. The highest BCUT2D eigenvalue weighted by Gasteiger charge is 2.72. The van der Waals surface area contributed by atoms with Gasteiger partial charge >= 0.3 is 11.9 Å². The highest BCUT2D eigenvalue weighted by molar-refractivity contribution is 5.84. The van der Waals surface area contributed by atoms with E-state index in [9.17, 15) is 19.5 Å². The van der Waals surface area contributed by atoms with E-state index in [2.05, 4.69) is 65.7 Å². The predicted octanol–water partition coefficient (Wildman–Crippen LogP) is 9.41. The van der Waals surface area contributed by atoms with Gasteiger partial charge in [0.05, 0.1) is 29.0 Å². The van der Waals surface area contributed by atoms with E-state index in [1.54, 1.807) is 13.8 Å². The number of esters is 1. The minimum Gasteiger partial charge on any atom is -0.481 e. The second-order valence-corrected chi connectivity index (χ2v) is 20.0. The molecule has 5 unspecified atom stereocenters. The van der Waals surface area contributed by atoms with Crippen molar-refractivity contribution in [2.24, 2.45) is 68.0 Å². The number of aliphatic carboxylic acids is 1. The van der Waals surface area contributed by atoms with Crippen LogP contribution in [-0.4, -0.2) is 34.0 Å². The van der Waals surface area contributed by atoms with Gasteiger partial charge in [-0.2, -0.15) is 0 Å². The zero-order valence-electron chi connectivity index (χ0n) is 32.7. The molecule has 0 aliphatic heterocycles. The fraction of sp³-hybridized carbons (Fsp3) is 0.814. The van der Waals surface area contributed by atoms with Crippen LogP contribution in [-0.2, 0) is 19.1 Å². The molecule has 50 heavy (non-hydrogen) atoms. The number of fused-ring (bicyclic) bond motifs is 7. The first-order chi connectivity index (χ1) is 23.2. The fourth-order valence-corrected chi connectivity index (χ4v) is 13.7. The van der Waals surface area contributed by atoms with Gasteiger partial charge in [-0.15, -0.1) is 0 Å². The number of ether oxygens (including phenoxy) is 1. The average molecular weight is 691 g/mol.